The molecular weight excluding hydrogens is 394 g/mol. The van der Waals surface area contributed by atoms with E-state index >= 15 is 0 Å². The Morgan fingerprint density at radius 2 is 1.59 bits per heavy atom. The van der Waals surface area contributed by atoms with Gasteiger partial charge in [0.25, 0.3) is 0 Å². The van der Waals surface area contributed by atoms with Gasteiger partial charge in [-0.05, 0) is 59.9 Å². The molecule has 0 bridgehead atoms. The number of hydrogen-bond acceptors (Lipinski definition) is 0. The predicted molar refractivity (Wildman–Crippen MR) is 118 cm³/mol. The van der Waals surface area contributed by atoms with Crippen LogP contribution in [0.5, 0.6) is 0 Å². The summed E-state index contributed by atoms with van der Waals surface area (Å²) in [6.45, 7) is 2.34. The Bertz CT molecular complexity index is 1150. The Morgan fingerprint density at radius 3 is 2.33 bits per heavy atom. The maximum atomic E-state index is 3.67. The molecule has 2 heteroatoms. The van der Waals surface area contributed by atoms with Gasteiger partial charge < -0.3 is 4.57 Å². The summed E-state index contributed by atoms with van der Waals surface area (Å²) in [6.07, 6.45) is 3.45. The van der Waals surface area contributed by atoms with E-state index in [0.29, 0.717) is 5.92 Å². The minimum Gasteiger partial charge on any atom is -0.313 e. The van der Waals surface area contributed by atoms with Crippen LogP contribution in [-0.4, -0.2) is 4.57 Å². The van der Waals surface area contributed by atoms with Gasteiger partial charge in [-0.15, -0.1) is 0 Å². The standard InChI is InChI=1S/C25H20BrN/c1-17-14-25-23(16-21(17)18-8-4-2-5-9-18)22-15-19(26)12-13-24(22)27(25)20-10-6-3-7-11-20/h2-13,15-17H,14H2,1H3. The van der Waals surface area contributed by atoms with Crippen molar-refractivity contribution in [1.29, 1.82) is 0 Å². The van der Waals surface area contributed by atoms with Crippen molar-refractivity contribution in [3.8, 4) is 5.69 Å². The van der Waals surface area contributed by atoms with E-state index in [4.69, 9.17) is 0 Å². The first-order valence-electron chi connectivity index (χ1n) is 9.37. The third-order valence-electron chi connectivity index (χ3n) is 5.52. The van der Waals surface area contributed by atoms with Gasteiger partial charge in [0, 0.05) is 26.8 Å². The van der Waals surface area contributed by atoms with Crippen LogP contribution in [0.25, 0.3) is 28.2 Å². The fraction of sp³-hybridized carbons (Fsp3) is 0.120. The summed E-state index contributed by atoms with van der Waals surface area (Å²) in [4.78, 5) is 0. The lowest BCUT2D eigenvalue weighted by Crippen LogP contribution is -2.12. The van der Waals surface area contributed by atoms with Gasteiger partial charge in [-0.2, -0.15) is 0 Å². The highest BCUT2D eigenvalue weighted by atomic mass is 79.9. The van der Waals surface area contributed by atoms with Crippen LogP contribution in [0.4, 0.5) is 0 Å². The molecule has 132 valence electrons. The maximum Gasteiger partial charge on any atom is 0.0538 e. The van der Waals surface area contributed by atoms with Crippen molar-refractivity contribution < 1.29 is 0 Å². The van der Waals surface area contributed by atoms with Crippen molar-refractivity contribution in [2.45, 2.75) is 13.3 Å². The Morgan fingerprint density at radius 1 is 0.889 bits per heavy atom. The molecule has 0 saturated carbocycles. The molecule has 1 nitrogen and oxygen atoms in total. The number of aromatic nitrogens is 1. The molecule has 4 aromatic rings. The first-order chi connectivity index (χ1) is 13.2. The molecule has 27 heavy (non-hydrogen) atoms. The quantitative estimate of drug-likeness (QED) is 0.329. The molecule has 1 aromatic heterocycles. The molecule has 1 aliphatic carbocycles. The zero-order valence-corrected chi connectivity index (χ0v) is 16.8. The minimum atomic E-state index is 0.482. The lowest BCUT2D eigenvalue weighted by atomic mass is 9.83. The summed E-state index contributed by atoms with van der Waals surface area (Å²) in [7, 11) is 0. The molecule has 0 saturated heterocycles. The second kappa shape index (κ2) is 6.54. The van der Waals surface area contributed by atoms with Crippen LogP contribution in [0.2, 0.25) is 0 Å². The summed E-state index contributed by atoms with van der Waals surface area (Å²) in [5.74, 6) is 0.482. The Hall–Kier alpha value is -2.58. The zero-order valence-electron chi connectivity index (χ0n) is 15.2. The van der Waals surface area contributed by atoms with Crippen molar-refractivity contribution in [3.63, 3.8) is 0 Å². The normalized spacial score (nSPS) is 16.2. The Balaban J connectivity index is 1.82. The summed E-state index contributed by atoms with van der Waals surface area (Å²) in [6, 6.07) is 28.1. The van der Waals surface area contributed by atoms with E-state index in [1.54, 1.807) is 0 Å². The van der Waals surface area contributed by atoms with E-state index in [0.717, 1.165) is 10.9 Å². The summed E-state index contributed by atoms with van der Waals surface area (Å²) in [5.41, 5.74) is 8.01. The van der Waals surface area contributed by atoms with E-state index in [-0.39, 0.29) is 0 Å². The van der Waals surface area contributed by atoms with E-state index < -0.39 is 0 Å². The molecule has 1 unspecified atom stereocenters. The van der Waals surface area contributed by atoms with Crippen molar-refractivity contribution in [2.75, 3.05) is 0 Å². The number of nitrogens with zero attached hydrogens (tertiary/aromatic N) is 1. The molecule has 1 heterocycles. The first-order valence-corrected chi connectivity index (χ1v) is 10.2. The van der Waals surface area contributed by atoms with Crippen LogP contribution in [0.1, 0.15) is 23.7 Å². The predicted octanol–water partition coefficient (Wildman–Crippen LogP) is 7.13. The number of benzene rings is 3. The Labute approximate surface area is 168 Å². The molecule has 3 aromatic carbocycles. The van der Waals surface area contributed by atoms with Crippen LogP contribution in [0.3, 0.4) is 0 Å². The highest BCUT2D eigenvalue weighted by molar-refractivity contribution is 9.10. The molecule has 0 N–H and O–H groups in total. The highest BCUT2D eigenvalue weighted by Crippen LogP contribution is 2.41. The highest BCUT2D eigenvalue weighted by Gasteiger charge is 2.25. The summed E-state index contributed by atoms with van der Waals surface area (Å²) >= 11 is 3.67. The molecule has 0 amide bonds. The van der Waals surface area contributed by atoms with Gasteiger partial charge in [0.1, 0.15) is 0 Å². The first kappa shape index (κ1) is 16.6. The van der Waals surface area contributed by atoms with E-state index in [1.807, 2.05) is 0 Å². The molecule has 1 aliphatic rings. The second-order valence-corrected chi connectivity index (χ2v) is 8.18. The largest absolute Gasteiger partial charge is 0.313 e. The Kier molecular flexibility index (Phi) is 4.02. The van der Waals surface area contributed by atoms with Crippen molar-refractivity contribution in [2.24, 2.45) is 5.92 Å². The van der Waals surface area contributed by atoms with Crippen LogP contribution < -0.4 is 0 Å². The third-order valence-corrected chi connectivity index (χ3v) is 6.02. The van der Waals surface area contributed by atoms with Crippen molar-refractivity contribution in [3.05, 3.63) is 100 Å². The number of allylic oxidation sites excluding steroid dienone is 1. The van der Waals surface area contributed by atoms with E-state index in [2.05, 4.69) is 112 Å². The van der Waals surface area contributed by atoms with Gasteiger partial charge >= 0.3 is 0 Å². The molecule has 0 spiro atoms. The monoisotopic (exact) mass is 413 g/mol. The number of halogens is 1. The van der Waals surface area contributed by atoms with Gasteiger partial charge in [-0.1, -0.05) is 71.4 Å². The second-order valence-electron chi connectivity index (χ2n) is 7.26. The van der Waals surface area contributed by atoms with Crippen LogP contribution in [0, 0.1) is 5.92 Å². The van der Waals surface area contributed by atoms with Gasteiger partial charge in [0.15, 0.2) is 0 Å². The zero-order chi connectivity index (χ0) is 18.4. The van der Waals surface area contributed by atoms with Crippen LogP contribution >= 0.6 is 15.9 Å². The fourth-order valence-electron chi connectivity index (χ4n) is 4.27. The minimum absolute atomic E-state index is 0.482. The summed E-state index contributed by atoms with van der Waals surface area (Å²) < 4.78 is 3.56. The molecule has 5 rings (SSSR count). The van der Waals surface area contributed by atoms with Gasteiger partial charge in [-0.25, -0.2) is 0 Å². The lowest BCUT2D eigenvalue weighted by Gasteiger charge is -2.23. The van der Waals surface area contributed by atoms with E-state index in [9.17, 15) is 0 Å². The SMILES string of the molecule is CC1Cc2c(c3cc(Br)ccc3n2-c2ccccc2)C=C1c1ccccc1. The topological polar surface area (TPSA) is 4.93 Å². The third kappa shape index (κ3) is 2.76. The van der Waals surface area contributed by atoms with Crippen molar-refractivity contribution >= 4 is 38.5 Å². The van der Waals surface area contributed by atoms with Crippen LogP contribution in [-0.2, 0) is 6.42 Å². The van der Waals surface area contributed by atoms with Crippen molar-refractivity contribution in [1.82, 2.24) is 4.57 Å². The number of rotatable bonds is 2. The van der Waals surface area contributed by atoms with Crippen LogP contribution in [0.15, 0.2) is 83.3 Å². The average Bonchev–Trinajstić information content (AvgIpc) is 3.01. The summed E-state index contributed by atoms with van der Waals surface area (Å²) in [5, 5.41) is 1.31. The molecule has 1 atom stereocenters. The van der Waals surface area contributed by atoms with Gasteiger partial charge in [0.2, 0.25) is 0 Å². The number of fused-ring (bicyclic) bond motifs is 3. The molecule has 0 radical (unpaired) electrons. The smallest absolute Gasteiger partial charge is 0.0538 e. The number of hydrogen-bond donors (Lipinski definition) is 0. The fourth-order valence-corrected chi connectivity index (χ4v) is 4.63. The lowest BCUT2D eigenvalue weighted by molar-refractivity contribution is 0.708. The van der Waals surface area contributed by atoms with E-state index in [1.165, 1.54) is 39.0 Å². The molecule has 0 fully saturated rings. The maximum absolute atomic E-state index is 3.67. The van der Waals surface area contributed by atoms with Gasteiger partial charge in [0.05, 0.1) is 5.52 Å². The average molecular weight is 414 g/mol. The molecular formula is C25H20BrN. The molecule has 0 aliphatic heterocycles. The van der Waals surface area contributed by atoms with Gasteiger partial charge in [-0.3, -0.25) is 0 Å². The number of para-hydroxylation sites is 1.